The minimum Gasteiger partial charge on any atom is -0.389 e. The van der Waals surface area contributed by atoms with Gasteiger partial charge >= 0.3 is 0 Å². The van der Waals surface area contributed by atoms with Gasteiger partial charge in [0.25, 0.3) is 5.91 Å². The summed E-state index contributed by atoms with van der Waals surface area (Å²) < 4.78 is 5.43. The summed E-state index contributed by atoms with van der Waals surface area (Å²) in [6.45, 7) is 6.75. The van der Waals surface area contributed by atoms with E-state index in [4.69, 9.17) is 4.74 Å². The summed E-state index contributed by atoms with van der Waals surface area (Å²) in [5.74, 6) is 0.307. The first-order valence-corrected chi connectivity index (χ1v) is 9.44. The number of hydrogen-bond donors (Lipinski definition) is 1. The highest BCUT2D eigenvalue weighted by Crippen LogP contribution is 2.39. The van der Waals surface area contributed by atoms with Crippen molar-refractivity contribution in [2.45, 2.75) is 51.6 Å². The average Bonchev–Trinajstić information content (AvgIpc) is 2.65. The molecule has 1 aromatic heterocycles. The predicted octanol–water partition coefficient (Wildman–Crippen LogP) is 2.07. The summed E-state index contributed by atoms with van der Waals surface area (Å²) in [5.41, 5.74) is 0.730. The third-order valence-electron chi connectivity index (χ3n) is 5.86. The number of carbonyl (C=O) groups excluding carboxylic acids is 1. The molecule has 2 saturated heterocycles. The molecule has 3 rings (SSSR count). The molecule has 2 fully saturated rings. The average molecular weight is 347 g/mol. The zero-order valence-corrected chi connectivity index (χ0v) is 15.3. The van der Waals surface area contributed by atoms with E-state index < -0.39 is 5.60 Å². The molecule has 6 nitrogen and oxygen atoms in total. The number of hydrogen-bond acceptors (Lipinski definition) is 5. The van der Waals surface area contributed by atoms with Crippen LogP contribution in [0, 0.1) is 11.8 Å². The zero-order valence-electron chi connectivity index (χ0n) is 15.3. The summed E-state index contributed by atoms with van der Waals surface area (Å²) in [7, 11) is 0. The molecule has 2 aliphatic heterocycles. The molecule has 0 unspecified atom stereocenters. The number of rotatable bonds is 4. The lowest BCUT2D eigenvalue weighted by Crippen LogP contribution is -2.57. The van der Waals surface area contributed by atoms with Crippen molar-refractivity contribution in [2.24, 2.45) is 11.8 Å². The van der Waals surface area contributed by atoms with Crippen LogP contribution in [0.1, 0.15) is 55.6 Å². The topological polar surface area (TPSA) is 75.6 Å². The fourth-order valence-electron chi connectivity index (χ4n) is 4.27. The van der Waals surface area contributed by atoms with Gasteiger partial charge in [-0.2, -0.15) is 0 Å². The Hall–Kier alpha value is -1.53. The number of amides is 1. The van der Waals surface area contributed by atoms with Crippen LogP contribution < -0.4 is 0 Å². The Morgan fingerprint density at radius 2 is 2.20 bits per heavy atom. The van der Waals surface area contributed by atoms with Gasteiger partial charge in [-0.1, -0.05) is 20.3 Å². The van der Waals surface area contributed by atoms with Crippen LogP contribution in [0.15, 0.2) is 12.5 Å². The lowest BCUT2D eigenvalue weighted by atomic mass is 9.70. The van der Waals surface area contributed by atoms with E-state index in [2.05, 4.69) is 23.8 Å². The first kappa shape index (κ1) is 18.3. The van der Waals surface area contributed by atoms with Crippen LogP contribution >= 0.6 is 0 Å². The van der Waals surface area contributed by atoms with E-state index in [1.807, 2.05) is 4.90 Å². The number of aromatic nitrogens is 2. The van der Waals surface area contributed by atoms with Gasteiger partial charge in [0, 0.05) is 38.4 Å². The molecular weight excluding hydrogens is 318 g/mol. The Balaban J connectivity index is 1.71. The molecule has 25 heavy (non-hydrogen) atoms. The van der Waals surface area contributed by atoms with Gasteiger partial charge in [-0.25, -0.2) is 9.97 Å². The smallest absolute Gasteiger partial charge is 0.257 e. The summed E-state index contributed by atoms with van der Waals surface area (Å²) in [6.07, 6.45) is 7.29. The summed E-state index contributed by atoms with van der Waals surface area (Å²) in [5, 5.41) is 11.3. The maximum absolute atomic E-state index is 13.0. The minimum absolute atomic E-state index is 0.00933. The summed E-state index contributed by atoms with van der Waals surface area (Å²) in [4.78, 5) is 23.2. The summed E-state index contributed by atoms with van der Waals surface area (Å²) >= 11 is 0. The SMILES string of the molecule is CCCc1ncncc1C(=O)N1CC[C@@](O)(C2CCOCC2)[C@H](C)C1. The standard InChI is InChI=1S/C19H29N3O3/c1-3-4-17-16(11-20-13-21-17)18(23)22-8-7-19(24,14(2)12-22)15-5-9-25-10-6-15/h11,13-15,24H,3-10,12H2,1-2H3/t14-,19+/m1/s1. The minimum atomic E-state index is -0.694. The largest absolute Gasteiger partial charge is 0.389 e. The molecule has 138 valence electrons. The van der Waals surface area contributed by atoms with Gasteiger partial charge in [-0.05, 0) is 31.6 Å². The van der Waals surface area contributed by atoms with Gasteiger partial charge in [0.1, 0.15) is 6.33 Å². The number of aliphatic hydroxyl groups is 1. The fraction of sp³-hybridized carbons (Fsp3) is 0.737. The molecule has 6 heteroatoms. The highest BCUT2D eigenvalue weighted by molar-refractivity contribution is 5.95. The lowest BCUT2D eigenvalue weighted by Gasteiger charge is -2.48. The molecule has 0 bridgehead atoms. The van der Waals surface area contributed by atoms with Crippen molar-refractivity contribution in [3.63, 3.8) is 0 Å². The van der Waals surface area contributed by atoms with Gasteiger partial charge in [0.15, 0.2) is 0 Å². The highest BCUT2D eigenvalue weighted by atomic mass is 16.5. The van der Waals surface area contributed by atoms with E-state index in [1.165, 1.54) is 6.33 Å². The van der Waals surface area contributed by atoms with E-state index in [-0.39, 0.29) is 17.7 Å². The number of carbonyl (C=O) groups is 1. The van der Waals surface area contributed by atoms with Gasteiger partial charge < -0.3 is 14.7 Å². The highest BCUT2D eigenvalue weighted by Gasteiger charge is 2.46. The molecule has 0 radical (unpaired) electrons. The zero-order chi connectivity index (χ0) is 17.9. The molecule has 3 heterocycles. The van der Waals surface area contributed by atoms with Crippen LogP contribution in [0.3, 0.4) is 0 Å². The van der Waals surface area contributed by atoms with Crippen molar-refractivity contribution in [1.29, 1.82) is 0 Å². The van der Waals surface area contributed by atoms with Gasteiger partial charge in [-0.15, -0.1) is 0 Å². The Bertz CT molecular complexity index is 603. The Labute approximate surface area is 149 Å². The van der Waals surface area contributed by atoms with Crippen molar-refractivity contribution >= 4 is 5.91 Å². The molecule has 1 aromatic rings. The monoisotopic (exact) mass is 347 g/mol. The summed E-state index contributed by atoms with van der Waals surface area (Å²) in [6, 6.07) is 0. The second-order valence-electron chi connectivity index (χ2n) is 7.41. The van der Waals surface area contributed by atoms with Crippen molar-refractivity contribution in [2.75, 3.05) is 26.3 Å². The normalized spacial score (nSPS) is 28.1. The Kier molecular flexibility index (Phi) is 5.69. The Morgan fingerprint density at radius 1 is 1.44 bits per heavy atom. The molecule has 0 aromatic carbocycles. The third-order valence-corrected chi connectivity index (χ3v) is 5.86. The molecule has 1 amide bonds. The second kappa shape index (κ2) is 7.79. The van der Waals surface area contributed by atoms with Crippen LogP contribution in [0.5, 0.6) is 0 Å². The quantitative estimate of drug-likeness (QED) is 0.902. The van der Waals surface area contributed by atoms with Crippen molar-refractivity contribution in [1.82, 2.24) is 14.9 Å². The maximum Gasteiger partial charge on any atom is 0.257 e. The van der Waals surface area contributed by atoms with E-state index in [9.17, 15) is 9.90 Å². The molecule has 0 aliphatic carbocycles. The van der Waals surface area contributed by atoms with Crippen LogP contribution in [0.2, 0.25) is 0 Å². The first-order valence-electron chi connectivity index (χ1n) is 9.44. The van der Waals surface area contributed by atoms with Gasteiger partial charge in [-0.3, -0.25) is 4.79 Å². The molecule has 0 spiro atoms. The number of likely N-dealkylation sites (tertiary alicyclic amines) is 1. The van der Waals surface area contributed by atoms with Gasteiger partial charge in [0.05, 0.1) is 16.9 Å². The van der Waals surface area contributed by atoms with E-state index in [1.54, 1.807) is 6.20 Å². The number of nitrogens with zero attached hydrogens (tertiary/aromatic N) is 3. The number of ether oxygens (including phenoxy) is 1. The van der Waals surface area contributed by atoms with E-state index in [0.29, 0.717) is 25.1 Å². The molecule has 2 atom stereocenters. The first-order chi connectivity index (χ1) is 12.1. The maximum atomic E-state index is 13.0. The number of aryl methyl sites for hydroxylation is 1. The van der Waals surface area contributed by atoms with E-state index >= 15 is 0 Å². The van der Waals surface area contributed by atoms with Crippen LogP contribution in [0.25, 0.3) is 0 Å². The Morgan fingerprint density at radius 3 is 2.88 bits per heavy atom. The molecule has 2 aliphatic rings. The second-order valence-corrected chi connectivity index (χ2v) is 7.41. The predicted molar refractivity (Wildman–Crippen MR) is 94.2 cm³/mol. The lowest BCUT2D eigenvalue weighted by molar-refractivity contribution is -0.125. The van der Waals surface area contributed by atoms with Crippen LogP contribution in [-0.2, 0) is 11.2 Å². The molecule has 1 N–H and O–H groups in total. The van der Waals surface area contributed by atoms with Crippen LogP contribution in [0.4, 0.5) is 0 Å². The van der Waals surface area contributed by atoms with E-state index in [0.717, 1.165) is 44.6 Å². The van der Waals surface area contributed by atoms with Crippen molar-refractivity contribution in [3.05, 3.63) is 23.8 Å². The third kappa shape index (κ3) is 3.70. The molecule has 0 saturated carbocycles. The van der Waals surface area contributed by atoms with Gasteiger partial charge in [0.2, 0.25) is 0 Å². The van der Waals surface area contributed by atoms with Crippen molar-refractivity contribution in [3.8, 4) is 0 Å². The van der Waals surface area contributed by atoms with Crippen LogP contribution in [-0.4, -0.2) is 57.8 Å². The number of piperidine rings is 1. The molecular formula is C19H29N3O3. The van der Waals surface area contributed by atoms with Crippen molar-refractivity contribution < 1.29 is 14.6 Å². The fourth-order valence-corrected chi connectivity index (χ4v) is 4.27.